The number of rotatable bonds is 10. The second-order valence-corrected chi connectivity index (χ2v) is 15.2. The van der Waals surface area contributed by atoms with Gasteiger partial charge in [-0.15, -0.1) is 0 Å². The van der Waals surface area contributed by atoms with E-state index in [0.29, 0.717) is 18.6 Å². The molecule has 1 fully saturated rings. The molecule has 1 saturated heterocycles. The van der Waals surface area contributed by atoms with Gasteiger partial charge in [0, 0.05) is 11.0 Å². The number of esters is 1. The average Bonchev–Trinajstić information content (AvgIpc) is 2.94. The van der Waals surface area contributed by atoms with E-state index in [2.05, 4.69) is 26.1 Å². The van der Waals surface area contributed by atoms with Crippen molar-refractivity contribution in [3.05, 3.63) is 29.8 Å². The monoisotopic (exact) mass is 643 g/mol. The van der Waals surface area contributed by atoms with E-state index in [-0.39, 0.29) is 41.2 Å². The highest BCUT2D eigenvalue weighted by Crippen LogP contribution is 2.35. The van der Waals surface area contributed by atoms with Crippen LogP contribution >= 0.6 is 0 Å². The van der Waals surface area contributed by atoms with Crippen LogP contribution in [0.2, 0.25) is 0 Å². The molecule has 0 aromatic heterocycles. The highest BCUT2D eigenvalue weighted by molar-refractivity contribution is 5.89. The van der Waals surface area contributed by atoms with Crippen LogP contribution < -0.4 is 10.1 Å². The van der Waals surface area contributed by atoms with Crippen LogP contribution in [0.3, 0.4) is 0 Å². The number of ether oxygens (including phenoxy) is 3. The minimum atomic E-state index is -1.09. The maximum atomic E-state index is 11.5. The molecule has 1 aliphatic heterocycles. The molecule has 10 heteroatoms. The predicted molar refractivity (Wildman–Crippen MR) is 178 cm³/mol. The molecule has 0 amide bonds. The molecule has 1 aromatic carbocycles. The van der Waals surface area contributed by atoms with Gasteiger partial charge in [-0.2, -0.15) is 0 Å². The Labute approximate surface area is 272 Å². The highest BCUT2D eigenvalue weighted by atomic mass is 16.6. The van der Waals surface area contributed by atoms with Gasteiger partial charge in [-0.1, -0.05) is 41.5 Å². The summed E-state index contributed by atoms with van der Waals surface area (Å²) in [5.74, 6) is 0.471. The third-order valence-corrected chi connectivity index (χ3v) is 7.00. The van der Waals surface area contributed by atoms with Gasteiger partial charge in [-0.25, -0.2) is 4.79 Å². The third kappa shape index (κ3) is 17.1. The second kappa shape index (κ2) is 19.1. The van der Waals surface area contributed by atoms with Crippen molar-refractivity contribution in [1.82, 2.24) is 5.32 Å². The zero-order valence-electron chi connectivity index (χ0n) is 30.0. The number of hydrogen-bond acceptors (Lipinski definition) is 10. The Morgan fingerprint density at radius 1 is 0.867 bits per heavy atom. The summed E-state index contributed by atoms with van der Waals surface area (Å²) in [4.78, 5) is 11.5. The molecule has 10 nitrogen and oxygen atoms in total. The van der Waals surface area contributed by atoms with Crippen molar-refractivity contribution < 1.29 is 44.5 Å². The SMILES string of the molecule is CCC(CO)(CO)CC(C)(C)C.CCC1OC(O)C(NC(C)(C)C)C(O)C1O.CCCOC(=O)c1ccc(OC(C)(C)C)cc1. The average molecular weight is 644 g/mol. The first-order chi connectivity index (χ1) is 20.6. The normalized spacial score (nSPS) is 22.4. The standard InChI is InChI=1S/C14H20O3.C11H23NO4.C10H22O2/c1-5-10-16-13(15)11-6-8-12(9-7-11)17-14(2,3)4;1-5-6-8(13)9(14)7(10(15)16-6)12-11(2,3)4;1-5-10(7-11,8-12)6-9(2,3)4/h6-9H,5,10H2,1-4H3;6-10,12-15H,5H2,1-4H3;11-12H,5-8H2,1-4H3. The quantitative estimate of drug-likeness (QED) is 0.195. The van der Waals surface area contributed by atoms with Gasteiger partial charge >= 0.3 is 5.97 Å². The Morgan fingerprint density at radius 2 is 1.40 bits per heavy atom. The molecule has 0 bridgehead atoms. The van der Waals surface area contributed by atoms with Crippen molar-refractivity contribution in [2.75, 3.05) is 19.8 Å². The number of carbonyl (C=O) groups excluding carboxylic acids is 1. The number of carbonyl (C=O) groups is 1. The van der Waals surface area contributed by atoms with E-state index in [4.69, 9.17) is 14.2 Å². The van der Waals surface area contributed by atoms with E-state index in [1.165, 1.54) is 0 Å². The number of benzene rings is 1. The predicted octanol–water partition coefficient (Wildman–Crippen LogP) is 4.83. The van der Waals surface area contributed by atoms with Gasteiger partial charge in [0.1, 0.15) is 23.6 Å². The van der Waals surface area contributed by atoms with Crippen LogP contribution in [-0.2, 0) is 9.47 Å². The molecule has 0 radical (unpaired) electrons. The molecule has 45 heavy (non-hydrogen) atoms. The van der Waals surface area contributed by atoms with Crippen molar-refractivity contribution in [3.63, 3.8) is 0 Å². The fourth-order valence-corrected chi connectivity index (χ4v) is 4.87. The fraction of sp³-hybridized carbons (Fsp3) is 0.800. The summed E-state index contributed by atoms with van der Waals surface area (Å²) in [6.45, 7) is 24.5. The molecule has 0 aliphatic carbocycles. The summed E-state index contributed by atoms with van der Waals surface area (Å²) in [6, 6.07) is 6.34. The Kier molecular flexibility index (Phi) is 18.4. The highest BCUT2D eigenvalue weighted by Gasteiger charge is 2.44. The largest absolute Gasteiger partial charge is 0.488 e. The molecule has 0 saturated carbocycles. The van der Waals surface area contributed by atoms with Crippen molar-refractivity contribution >= 4 is 5.97 Å². The van der Waals surface area contributed by atoms with E-state index < -0.39 is 30.6 Å². The molecule has 5 atom stereocenters. The summed E-state index contributed by atoms with van der Waals surface area (Å²) in [5.41, 5.74) is -0.0571. The molecule has 1 heterocycles. The first kappa shape index (κ1) is 43.2. The topological polar surface area (TPSA) is 158 Å². The molecule has 5 unspecified atom stereocenters. The van der Waals surface area contributed by atoms with E-state index in [1.807, 2.05) is 62.3 Å². The van der Waals surface area contributed by atoms with Gasteiger partial charge in [-0.05, 0) is 96.9 Å². The maximum Gasteiger partial charge on any atom is 0.338 e. The van der Waals surface area contributed by atoms with Crippen molar-refractivity contribution in [3.8, 4) is 5.75 Å². The molecule has 2 rings (SSSR count). The van der Waals surface area contributed by atoms with E-state index in [9.17, 15) is 30.3 Å². The fourth-order valence-electron chi connectivity index (χ4n) is 4.87. The van der Waals surface area contributed by atoms with Crippen LogP contribution in [0, 0.1) is 10.8 Å². The third-order valence-electron chi connectivity index (χ3n) is 7.00. The number of aliphatic hydroxyl groups excluding tert-OH is 5. The summed E-state index contributed by atoms with van der Waals surface area (Å²) < 4.78 is 16.0. The first-order valence-electron chi connectivity index (χ1n) is 16.2. The summed E-state index contributed by atoms with van der Waals surface area (Å²) in [7, 11) is 0. The molecule has 1 aromatic rings. The number of aliphatic hydroxyl groups is 5. The zero-order chi connectivity index (χ0) is 35.2. The molecule has 6 N–H and O–H groups in total. The Bertz CT molecular complexity index is 936. The Morgan fingerprint density at radius 3 is 1.76 bits per heavy atom. The first-order valence-corrected chi connectivity index (χ1v) is 16.2. The van der Waals surface area contributed by atoms with Gasteiger partial charge in [0.25, 0.3) is 0 Å². The van der Waals surface area contributed by atoms with Gasteiger partial charge < -0.3 is 45.1 Å². The minimum absolute atomic E-state index is 0.0806. The lowest BCUT2D eigenvalue weighted by atomic mass is 9.73. The maximum absolute atomic E-state index is 11.5. The van der Waals surface area contributed by atoms with Gasteiger partial charge in [0.2, 0.25) is 0 Å². The van der Waals surface area contributed by atoms with Crippen molar-refractivity contribution in [2.24, 2.45) is 10.8 Å². The Hall–Kier alpha value is -1.79. The molecule has 1 aliphatic rings. The van der Waals surface area contributed by atoms with E-state index >= 15 is 0 Å². The van der Waals surface area contributed by atoms with Crippen LogP contribution in [0.5, 0.6) is 5.75 Å². The van der Waals surface area contributed by atoms with E-state index in [1.54, 1.807) is 24.3 Å². The van der Waals surface area contributed by atoms with E-state index in [0.717, 1.165) is 25.0 Å². The lowest BCUT2D eigenvalue weighted by Gasteiger charge is -2.43. The summed E-state index contributed by atoms with van der Waals surface area (Å²) >= 11 is 0. The molecular formula is C35H65NO9. The van der Waals surface area contributed by atoms with Crippen LogP contribution in [0.4, 0.5) is 0 Å². The number of hydrogen-bond donors (Lipinski definition) is 6. The molecular weight excluding hydrogens is 578 g/mol. The van der Waals surface area contributed by atoms with Crippen LogP contribution in [-0.4, -0.2) is 93.1 Å². The van der Waals surface area contributed by atoms with Gasteiger partial charge in [0.15, 0.2) is 6.29 Å². The second-order valence-electron chi connectivity index (χ2n) is 15.2. The summed E-state index contributed by atoms with van der Waals surface area (Å²) in [6.07, 6.45) is -0.512. The zero-order valence-corrected chi connectivity index (χ0v) is 30.0. The molecule has 264 valence electrons. The lowest BCUT2D eigenvalue weighted by molar-refractivity contribution is -0.250. The van der Waals surface area contributed by atoms with Crippen LogP contribution in [0.1, 0.15) is 119 Å². The van der Waals surface area contributed by atoms with Gasteiger partial charge in [-0.3, -0.25) is 0 Å². The van der Waals surface area contributed by atoms with Crippen LogP contribution in [0.25, 0.3) is 0 Å². The smallest absolute Gasteiger partial charge is 0.338 e. The van der Waals surface area contributed by atoms with Crippen molar-refractivity contribution in [2.45, 2.75) is 151 Å². The number of nitrogens with one attached hydrogen (secondary N) is 1. The Balaban J connectivity index is 0.000000657. The summed E-state index contributed by atoms with van der Waals surface area (Å²) in [5, 5.41) is 50.9. The minimum Gasteiger partial charge on any atom is -0.488 e. The molecule has 0 spiro atoms. The van der Waals surface area contributed by atoms with Crippen LogP contribution in [0.15, 0.2) is 24.3 Å². The lowest BCUT2D eigenvalue weighted by Crippen LogP contribution is -2.65. The van der Waals surface area contributed by atoms with Crippen molar-refractivity contribution in [1.29, 1.82) is 0 Å². The van der Waals surface area contributed by atoms with Gasteiger partial charge in [0.05, 0.1) is 37.5 Å².